The molecule has 0 bridgehead atoms. The van der Waals surface area contributed by atoms with E-state index in [2.05, 4.69) is 11.4 Å². The van der Waals surface area contributed by atoms with Gasteiger partial charge in [-0.1, -0.05) is 17.7 Å². The van der Waals surface area contributed by atoms with E-state index in [1.807, 2.05) is 36.7 Å². The summed E-state index contributed by atoms with van der Waals surface area (Å²) >= 11 is 6.16. The minimum atomic E-state index is -0.851. The third kappa shape index (κ3) is 5.22. The number of carbonyl (C=O) groups excluding carboxylic acids is 3. The average Bonchev–Trinajstić information content (AvgIpc) is 3.23. The van der Waals surface area contributed by atoms with Gasteiger partial charge in [-0.3, -0.25) is 14.9 Å². The summed E-state index contributed by atoms with van der Waals surface area (Å²) < 4.78 is 12.9. The van der Waals surface area contributed by atoms with E-state index in [9.17, 15) is 14.4 Å². The van der Waals surface area contributed by atoms with Crippen LogP contribution in [-0.2, 0) is 16.1 Å². The van der Waals surface area contributed by atoms with E-state index < -0.39 is 17.8 Å². The first-order valence-electron chi connectivity index (χ1n) is 10.9. The highest BCUT2D eigenvalue weighted by atomic mass is 35.5. The molecular weight excluding hydrogens is 470 g/mol. The predicted octanol–water partition coefficient (Wildman–Crippen LogP) is 4.51. The van der Waals surface area contributed by atoms with Crippen LogP contribution in [-0.4, -0.2) is 36.1 Å². The van der Waals surface area contributed by atoms with E-state index in [0.29, 0.717) is 24.6 Å². The van der Waals surface area contributed by atoms with E-state index in [1.54, 1.807) is 18.2 Å². The summed E-state index contributed by atoms with van der Waals surface area (Å²) in [5.74, 6) is -0.342. The highest BCUT2D eigenvalue weighted by Crippen LogP contribution is 2.31. The molecule has 2 heterocycles. The predicted molar refractivity (Wildman–Crippen MR) is 133 cm³/mol. The van der Waals surface area contributed by atoms with Crippen LogP contribution in [0.25, 0.3) is 6.08 Å². The number of rotatable bonds is 7. The lowest BCUT2D eigenvalue weighted by Crippen LogP contribution is -2.54. The number of hydrogen-bond donors (Lipinski definition) is 1. The molecule has 1 aliphatic rings. The number of nitrogens with zero attached hydrogens (tertiary/aromatic N) is 2. The van der Waals surface area contributed by atoms with Crippen molar-refractivity contribution in [2.75, 3.05) is 18.6 Å². The zero-order valence-corrected chi connectivity index (χ0v) is 20.3. The molecule has 0 radical (unpaired) electrons. The molecule has 1 fully saturated rings. The zero-order valence-electron chi connectivity index (χ0n) is 19.5. The number of aryl methyl sites for hydroxylation is 2. The molecule has 4 rings (SSSR count). The van der Waals surface area contributed by atoms with Crippen molar-refractivity contribution in [3.05, 3.63) is 82.1 Å². The van der Waals surface area contributed by atoms with Gasteiger partial charge < -0.3 is 14.0 Å². The summed E-state index contributed by atoms with van der Waals surface area (Å²) in [5, 5.41) is 2.44. The third-order valence-electron chi connectivity index (χ3n) is 5.45. The van der Waals surface area contributed by atoms with Crippen LogP contribution in [0.3, 0.4) is 0 Å². The third-order valence-corrected chi connectivity index (χ3v) is 5.74. The molecule has 1 aliphatic heterocycles. The number of anilines is 1. The lowest BCUT2D eigenvalue weighted by molar-refractivity contribution is -0.122. The maximum absolute atomic E-state index is 13.2. The van der Waals surface area contributed by atoms with E-state index in [-0.39, 0.29) is 16.3 Å². The first-order chi connectivity index (χ1) is 16.8. The number of barbiturate groups is 1. The average molecular weight is 494 g/mol. The minimum absolute atomic E-state index is 0.174. The Morgan fingerprint density at radius 2 is 1.77 bits per heavy atom. The highest BCUT2D eigenvalue weighted by molar-refractivity contribution is 6.39. The second-order valence-electron chi connectivity index (χ2n) is 8.08. The first-order valence-corrected chi connectivity index (χ1v) is 11.3. The fraction of sp³-hybridized carbons (Fsp3) is 0.192. The van der Waals surface area contributed by atoms with E-state index in [1.165, 1.54) is 25.3 Å². The van der Waals surface area contributed by atoms with Crippen LogP contribution < -0.4 is 19.7 Å². The molecule has 9 heteroatoms. The topological polar surface area (TPSA) is 89.9 Å². The maximum atomic E-state index is 13.2. The number of amides is 4. The standard InChI is InChI=1S/C26H24ClN3O5/c1-16-11-17(2)13-20(12-16)35-10-9-29-8-4-5-18(29)14-21-24(31)28-26(33)30(25(21)32)19-6-7-23(34-3)22(27)15-19/h4-8,11-15H,9-10H2,1-3H3,(H,28,31,33)/b21-14-. The number of halogens is 1. The quantitative estimate of drug-likeness (QED) is 0.386. The van der Waals surface area contributed by atoms with Crippen LogP contribution >= 0.6 is 11.6 Å². The van der Waals surface area contributed by atoms with Crippen LogP contribution in [0.1, 0.15) is 16.8 Å². The van der Waals surface area contributed by atoms with Gasteiger partial charge in [0.1, 0.15) is 23.7 Å². The molecule has 2 aromatic carbocycles. The molecule has 180 valence electrons. The minimum Gasteiger partial charge on any atom is -0.495 e. The monoisotopic (exact) mass is 493 g/mol. The summed E-state index contributed by atoms with van der Waals surface area (Å²) in [7, 11) is 1.46. The van der Waals surface area contributed by atoms with Crippen LogP contribution in [0.5, 0.6) is 11.5 Å². The second-order valence-corrected chi connectivity index (χ2v) is 8.48. The van der Waals surface area contributed by atoms with Gasteiger partial charge in [-0.15, -0.1) is 0 Å². The Morgan fingerprint density at radius 3 is 2.46 bits per heavy atom. The van der Waals surface area contributed by atoms with E-state index in [0.717, 1.165) is 21.8 Å². The van der Waals surface area contributed by atoms with Gasteiger partial charge in [0.2, 0.25) is 0 Å². The Labute approximate surface area is 207 Å². The van der Waals surface area contributed by atoms with Gasteiger partial charge in [0, 0.05) is 11.9 Å². The molecule has 0 saturated carbocycles. The van der Waals surface area contributed by atoms with Crippen LogP contribution in [0.2, 0.25) is 5.02 Å². The van der Waals surface area contributed by atoms with Crippen LogP contribution in [0.15, 0.2) is 60.3 Å². The first kappa shape index (κ1) is 24.1. The van der Waals surface area contributed by atoms with Gasteiger partial charge in [-0.25, -0.2) is 9.69 Å². The molecule has 0 spiro atoms. The number of benzene rings is 2. The Hall–Kier alpha value is -4.04. The summed E-state index contributed by atoms with van der Waals surface area (Å²) in [6.45, 7) is 4.90. The van der Waals surface area contributed by atoms with Gasteiger partial charge in [0.05, 0.1) is 24.4 Å². The number of ether oxygens (including phenoxy) is 2. The van der Waals surface area contributed by atoms with Gasteiger partial charge in [0.25, 0.3) is 11.8 Å². The second kappa shape index (κ2) is 10.1. The van der Waals surface area contributed by atoms with Crippen molar-refractivity contribution in [3.63, 3.8) is 0 Å². The van der Waals surface area contributed by atoms with Crippen LogP contribution in [0, 0.1) is 13.8 Å². The van der Waals surface area contributed by atoms with Crippen molar-refractivity contribution >= 4 is 41.2 Å². The number of carbonyl (C=O) groups is 3. The molecule has 8 nitrogen and oxygen atoms in total. The molecule has 0 aliphatic carbocycles. The van der Waals surface area contributed by atoms with Gasteiger partial charge in [0.15, 0.2) is 0 Å². The molecule has 4 amide bonds. The van der Waals surface area contributed by atoms with Crippen molar-refractivity contribution < 1.29 is 23.9 Å². The zero-order chi connectivity index (χ0) is 25.1. The number of nitrogens with one attached hydrogen (secondary N) is 1. The largest absolute Gasteiger partial charge is 0.495 e. The maximum Gasteiger partial charge on any atom is 0.335 e. The normalized spacial score (nSPS) is 14.9. The Morgan fingerprint density at radius 1 is 1.03 bits per heavy atom. The molecule has 35 heavy (non-hydrogen) atoms. The van der Waals surface area contributed by atoms with Crippen molar-refractivity contribution in [2.45, 2.75) is 20.4 Å². The molecule has 1 saturated heterocycles. The van der Waals surface area contributed by atoms with Crippen molar-refractivity contribution in [1.82, 2.24) is 9.88 Å². The smallest absolute Gasteiger partial charge is 0.335 e. The summed E-state index contributed by atoms with van der Waals surface area (Å²) in [5.41, 5.74) is 2.89. The molecule has 1 aromatic heterocycles. The highest BCUT2D eigenvalue weighted by Gasteiger charge is 2.37. The molecule has 3 aromatic rings. The van der Waals surface area contributed by atoms with Crippen molar-refractivity contribution in [3.8, 4) is 11.5 Å². The lowest BCUT2D eigenvalue weighted by atomic mass is 10.1. The number of hydrogen-bond acceptors (Lipinski definition) is 5. The summed E-state index contributed by atoms with van der Waals surface area (Å²) in [4.78, 5) is 39.1. The molecule has 1 N–H and O–H groups in total. The van der Waals surface area contributed by atoms with Crippen LogP contribution in [0.4, 0.5) is 10.5 Å². The van der Waals surface area contributed by atoms with E-state index >= 15 is 0 Å². The fourth-order valence-corrected chi connectivity index (χ4v) is 4.13. The Kier molecular flexibility index (Phi) is 6.93. The summed E-state index contributed by atoms with van der Waals surface area (Å²) in [6, 6.07) is 13.2. The lowest BCUT2D eigenvalue weighted by Gasteiger charge is -2.26. The Balaban J connectivity index is 1.54. The Bertz CT molecular complexity index is 1320. The molecule has 0 atom stereocenters. The van der Waals surface area contributed by atoms with Gasteiger partial charge in [-0.05, 0) is 73.5 Å². The van der Waals surface area contributed by atoms with Gasteiger partial charge in [-0.2, -0.15) is 0 Å². The SMILES string of the molecule is COc1ccc(N2C(=O)NC(=O)/C(=C/c3cccn3CCOc3cc(C)cc(C)c3)C2=O)cc1Cl. The molecular formula is C26H24ClN3O5. The van der Waals surface area contributed by atoms with Crippen molar-refractivity contribution in [1.29, 1.82) is 0 Å². The number of urea groups is 1. The molecule has 0 unspecified atom stereocenters. The number of imide groups is 2. The number of aromatic nitrogens is 1. The van der Waals surface area contributed by atoms with Gasteiger partial charge >= 0.3 is 6.03 Å². The van der Waals surface area contributed by atoms with Crippen molar-refractivity contribution in [2.24, 2.45) is 0 Å². The fourth-order valence-electron chi connectivity index (χ4n) is 3.87. The summed E-state index contributed by atoms with van der Waals surface area (Å²) in [6.07, 6.45) is 3.29. The number of methoxy groups -OCH3 is 1. The van der Waals surface area contributed by atoms with E-state index in [4.69, 9.17) is 21.1 Å².